The molecule has 0 aliphatic carbocycles. The van der Waals surface area contributed by atoms with Crippen LogP contribution in [0.4, 0.5) is 0 Å². The van der Waals surface area contributed by atoms with Crippen molar-refractivity contribution in [1.82, 2.24) is 5.32 Å². The first-order valence-corrected chi connectivity index (χ1v) is 6.56. The van der Waals surface area contributed by atoms with Gasteiger partial charge in [0.1, 0.15) is 0 Å². The third-order valence-corrected chi connectivity index (χ3v) is 3.23. The summed E-state index contributed by atoms with van der Waals surface area (Å²) in [6.45, 7) is 7.39. The van der Waals surface area contributed by atoms with Gasteiger partial charge in [-0.3, -0.25) is 0 Å². The lowest BCUT2D eigenvalue weighted by Gasteiger charge is -2.25. The Morgan fingerprint density at radius 3 is 2.31 bits per heavy atom. The maximum atomic E-state index is 5.62. The molecule has 0 saturated heterocycles. The van der Waals surface area contributed by atoms with Crippen LogP contribution in [-0.4, -0.2) is 26.6 Å². The molecule has 4 heteroatoms. The molecule has 0 aliphatic rings. The van der Waals surface area contributed by atoms with Gasteiger partial charge in [0, 0.05) is 18.1 Å². The lowest BCUT2D eigenvalue weighted by molar-refractivity contribution is -0.154. The fraction of sp³-hybridized carbons (Fsp3) is 0.667. The second-order valence-corrected chi connectivity index (χ2v) is 4.65. The Kier molecular flexibility index (Phi) is 5.98. The third kappa shape index (κ3) is 3.56. The summed E-state index contributed by atoms with van der Waals surface area (Å²) in [7, 11) is 1.93. The Labute approximate surface area is 102 Å². The van der Waals surface area contributed by atoms with Crippen molar-refractivity contribution >= 4 is 11.3 Å². The van der Waals surface area contributed by atoms with Crippen molar-refractivity contribution in [2.45, 2.75) is 33.1 Å². The summed E-state index contributed by atoms with van der Waals surface area (Å²) < 4.78 is 11.2. The van der Waals surface area contributed by atoms with Crippen molar-refractivity contribution in [2.75, 3.05) is 20.3 Å². The molecule has 1 N–H and O–H groups in total. The molecule has 0 aromatic carbocycles. The fourth-order valence-corrected chi connectivity index (χ4v) is 2.40. The van der Waals surface area contributed by atoms with E-state index in [2.05, 4.69) is 23.7 Å². The molecule has 1 aromatic rings. The number of hydrogen-bond acceptors (Lipinski definition) is 4. The molecule has 0 amide bonds. The summed E-state index contributed by atoms with van der Waals surface area (Å²) in [5.74, 6) is 0. The molecule has 0 saturated carbocycles. The second kappa shape index (κ2) is 7.01. The molecule has 0 bridgehead atoms. The van der Waals surface area contributed by atoms with E-state index < -0.39 is 0 Å². The molecule has 16 heavy (non-hydrogen) atoms. The molecule has 1 aromatic heterocycles. The van der Waals surface area contributed by atoms with Crippen LogP contribution in [0.15, 0.2) is 11.4 Å². The molecular weight excluding hydrogens is 222 g/mol. The lowest BCUT2D eigenvalue weighted by atomic mass is 10.1. The predicted molar refractivity (Wildman–Crippen MR) is 67.9 cm³/mol. The monoisotopic (exact) mass is 243 g/mol. The van der Waals surface area contributed by atoms with Crippen molar-refractivity contribution < 1.29 is 9.47 Å². The zero-order chi connectivity index (χ0) is 12.0. The Morgan fingerprint density at radius 1 is 1.31 bits per heavy atom. The molecule has 1 rings (SSSR count). The van der Waals surface area contributed by atoms with Crippen molar-refractivity contribution in [1.29, 1.82) is 0 Å². The number of ether oxygens (including phenoxy) is 2. The van der Waals surface area contributed by atoms with E-state index in [1.165, 1.54) is 10.4 Å². The zero-order valence-electron chi connectivity index (χ0n) is 10.4. The fourth-order valence-electron chi connectivity index (χ4n) is 1.66. The highest BCUT2D eigenvalue weighted by Gasteiger charge is 2.23. The number of aryl methyl sites for hydroxylation is 1. The van der Waals surface area contributed by atoms with Gasteiger partial charge in [-0.15, -0.1) is 11.3 Å². The largest absolute Gasteiger partial charge is 0.351 e. The van der Waals surface area contributed by atoms with Crippen LogP contribution < -0.4 is 5.32 Å². The minimum Gasteiger partial charge on any atom is -0.351 e. The van der Waals surface area contributed by atoms with E-state index in [-0.39, 0.29) is 12.3 Å². The van der Waals surface area contributed by atoms with E-state index in [9.17, 15) is 0 Å². The summed E-state index contributed by atoms with van der Waals surface area (Å²) in [5.41, 5.74) is 1.23. The van der Waals surface area contributed by atoms with Crippen molar-refractivity contribution in [3.05, 3.63) is 21.9 Å². The van der Waals surface area contributed by atoms with Gasteiger partial charge in [-0.1, -0.05) is 0 Å². The summed E-state index contributed by atoms with van der Waals surface area (Å²) in [5, 5.41) is 5.41. The van der Waals surface area contributed by atoms with E-state index in [0.29, 0.717) is 13.2 Å². The highest BCUT2D eigenvalue weighted by Crippen LogP contribution is 2.24. The van der Waals surface area contributed by atoms with Crippen LogP contribution in [0.1, 0.15) is 30.3 Å². The number of hydrogen-bond donors (Lipinski definition) is 1. The molecule has 0 radical (unpaired) electrons. The van der Waals surface area contributed by atoms with E-state index in [1.807, 2.05) is 20.9 Å². The van der Waals surface area contributed by atoms with E-state index >= 15 is 0 Å². The van der Waals surface area contributed by atoms with Gasteiger partial charge in [-0.05, 0) is 44.8 Å². The maximum absolute atomic E-state index is 5.62. The van der Waals surface area contributed by atoms with E-state index in [1.54, 1.807) is 11.3 Å². The highest BCUT2D eigenvalue weighted by molar-refractivity contribution is 7.10. The number of thiophene rings is 1. The van der Waals surface area contributed by atoms with Crippen LogP contribution in [0, 0.1) is 6.92 Å². The van der Waals surface area contributed by atoms with Crippen LogP contribution >= 0.6 is 11.3 Å². The van der Waals surface area contributed by atoms with Gasteiger partial charge in [0.2, 0.25) is 0 Å². The summed E-state index contributed by atoms with van der Waals surface area (Å²) in [6.07, 6.45) is -0.214. The lowest BCUT2D eigenvalue weighted by Crippen LogP contribution is -2.33. The first-order chi connectivity index (χ1) is 7.72. The van der Waals surface area contributed by atoms with Gasteiger partial charge in [-0.2, -0.15) is 0 Å². The summed E-state index contributed by atoms with van der Waals surface area (Å²) >= 11 is 1.75. The SMILES string of the molecule is CCOC(OCC)C(NC)c1csc(C)c1. The molecule has 0 fully saturated rings. The van der Waals surface area contributed by atoms with Gasteiger partial charge < -0.3 is 14.8 Å². The van der Waals surface area contributed by atoms with Crippen LogP contribution in [0.2, 0.25) is 0 Å². The topological polar surface area (TPSA) is 30.5 Å². The standard InChI is InChI=1S/C12H21NO2S/c1-5-14-12(15-6-2)11(13-4)10-7-9(3)16-8-10/h7-8,11-13H,5-6H2,1-4H3. The number of likely N-dealkylation sites (N-methyl/N-ethyl adjacent to an activating group) is 1. The molecule has 0 spiro atoms. The molecule has 0 aliphatic heterocycles. The van der Waals surface area contributed by atoms with Gasteiger partial charge in [0.15, 0.2) is 6.29 Å². The third-order valence-electron chi connectivity index (χ3n) is 2.35. The number of nitrogens with one attached hydrogen (secondary N) is 1. The van der Waals surface area contributed by atoms with Gasteiger partial charge >= 0.3 is 0 Å². The average Bonchev–Trinajstić information content (AvgIpc) is 2.67. The Bertz CT molecular complexity index is 295. The molecule has 1 unspecified atom stereocenters. The smallest absolute Gasteiger partial charge is 0.176 e. The van der Waals surface area contributed by atoms with Gasteiger partial charge in [0.05, 0.1) is 6.04 Å². The predicted octanol–water partition coefficient (Wildman–Crippen LogP) is 2.72. The second-order valence-electron chi connectivity index (χ2n) is 3.54. The minimum atomic E-state index is -0.214. The van der Waals surface area contributed by atoms with Crippen molar-refractivity contribution in [3.8, 4) is 0 Å². The summed E-state index contributed by atoms with van der Waals surface area (Å²) in [4.78, 5) is 1.31. The average molecular weight is 243 g/mol. The molecule has 3 nitrogen and oxygen atoms in total. The normalized spacial score (nSPS) is 13.3. The summed E-state index contributed by atoms with van der Waals surface area (Å²) in [6, 6.07) is 2.28. The van der Waals surface area contributed by atoms with Crippen LogP contribution in [0.25, 0.3) is 0 Å². The van der Waals surface area contributed by atoms with Crippen LogP contribution in [0.5, 0.6) is 0 Å². The first kappa shape index (κ1) is 13.6. The van der Waals surface area contributed by atoms with E-state index in [4.69, 9.17) is 9.47 Å². The van der Waals surface area contributed by atoms with Crippen LogP contribution in [-0.2, 0) is 9.47 Å². The van der Waals surface area contributed by atoms with Crippen molar-refractivity contribution in [3.63, 3.8) is 0 Å². The zero-order valence-corrected chi connectivity index (χ0v) is 11.3. The Hall–Kier alpha value is -0.420. The van der Waals surface area contributed by atoms with Gasteiger partial charge in [0.25, 0.3) is 0 Å². The molecular formula is C12H21NO2S. The Morgan fingerprint density at radius 2 is 1.94 bits per heavy atom. The number of rotatable bonds is 7. The Balaban J connectivity index is 2.76. The minimum absolute atomic E-state index is 0.102. The van der Waals surface area contributed by atoms with Crippen LogP contribution in [0.3, 0.4) is 0 Å². The van der Waals surface area contributed by atoms with E-state index in [0.717, 1.165) is 0 Å². The van der Waals surface area contributed by atoms with Crippen molar-refractivity contribution in [2.24, 2.45) is 0 Å². The maximum Gasteiger partial charge on any atom is 0.176 e. The molecule has 1 heterocycles. The molecule has 1 atom stereocenters. The van der Waals surface area contributed by atoms with Gasteiger partial charge in [-0.25, -0.2) is 0 Å². The first-order valence-electron chi connectivity index (χ1n) is 5.68. The quantitative estimate of drug-likeness (QED) is 0.747. The molecule has 92 valence electrons. The highest BCUT2D eigenvalue weighted by atomic mass is 32.1.